The van der Waals surface area contributed by atoms with Crippen LogP contribution in [0.4, 0.5) is 0 Å². The minimum atomic E-state index is -2.07. The highest BCUT2D eigenvalue weighted by Crippen LogP contribution is 2.36. The Morgan fingerprint density at radius 3 is 1.41 bits per heavy atom. The number of hydrogen-bond donors (Lipinski definition) is 16. The van der Waals surface area contributed by atoms with Gasteiger partial charge in [-0.05, 0) is 6.92 Å². The largest absolute Gasteiger partial charge is 0.394 e. The summed E-state index contributed by atoms with van der Waals surface area (Å²) in [7, 11) is 0. The first-order valence-electron chi connectivity index (χ1n) is 20.4. The van der Waals surface area contributed by atoms with E-state index in [-0.39, 0.29) is 0 Å². The molecular weight excluding hydrogens is 874 g/mol. The summed E-state index contributed by atoms with van der Waals surface area (Å²) in [6.07, 6.45) is -39.5. The van der Waals surface area contributed by atoms with Crippen molar-refractivity contribution in [3.63, 3.8) is 0 Å². The average molecular weight is 936 g/mol. The third-order valence-electron chi connectivity index (χ3n) is 11.5. The van der Waals surface area contributed by atoms with Gasteiger partial charge in [0.05, 0.1) is 32.5 Å². The maximum absolute atomic E-state index is 12.4. The van der Waals surface area contributed by atoms with Crippen molar-refractivity contribution in [1.29, 1.82) is 0 Å². The highest BCUT2D eigenvalue weighted by molar-refractivity contribution is 5.74. The van der Waals surface area contributed by atoms with Crippen LogP contribution >= 0.6 is 0 Å². The van der Waals surface area contributed by atoms with Gasteiger partial charge in [-0.25, -0.2) is 0 Å². The Kier molecular flexibility index (Phi) is 18.5. The molecule has 0 aromatic heterocycles. The molecule has 64 heavy (non-hydrogen) atoms. The molecule has 16 N–H and O–H groups in total. The predicted molar refractivity (Wildman–Crippen MR) is 200 cm³/mol. The Labute approximate surface area is 364 Å². The molecule has 25 atom stereocenters. The van der Waals surface area contributed by atoms with E-state index in [9.17, 15) is 80.8 Å². The van der Waals surface area contributed by atoms with Crippen molar-refractivity contribution in [1.82, 2.24) is 16.0 Å². The zero-order valence-electron chi connectivity index (χ0n) is 35.0. The van der Waals surface area contributed by atoms with Gasteiger partial charge < -0.3 is 125 Å². The van der Waals surface area contributed by atoms with Crippen molar-refractivity contribution in [2.75, 3.05) is 26.4 Å². The number of aliphatic hydroxyl groups excluding tert-OH is 13. The quantitative estimate of drug-likeness (QED) is 0.0725. The van der Waals surface area contributed by atoms with Gasteiger partial charge in [-0.15, -0.1) is 0 Å². The minimum absolute atomic E-state index is 0.682. The first-order valence-corrected chi connectivity index (χ1v) is 20.4. The van der Waals surface area contributed by atoms with E-state index in [1.807, 2.05) is 0 Å². The Morgan fingerprint density at radius 2 is 0.875 bits per heavy atom. The molecule has 5 heterocycles. The fourth-order valence-electron chi connectivity index (χ4n) is 8.05. The van der Waals surface area contributed by atoms with Crippen LogP contribution < -0.4 is 16.0 Å². The van der Waals surface area contributed by atoms with Gasteiger partial charge in [-0.1, -0.05) is 0 Å². The third-order valence-corrected chi connectivity index (χ3v) is 11.5. The molecule has 0 bridgehead atoms. The van der Waals surface area contributed by atoms with E-state index in [1.54, 1.807) is 0 Å². The van der Waals surface area contributed by atoms with Gasteiger partial charge in [0.2, 0.25) is 17.7 Å². The summed E-state index contributed by atoms with van der Waals surface area (Å²) in [5.41, 5.74) is 0. The van der Waals surface area contributed by atoms with Gasteiger partial charge in [-0.2, -0.15) is 0 Å². The number of carbonyl (C=O) groups excluding carboxylic acids is 3. The second-order valence-corrected chi connectivity index (χ2v) is 16.2. The van der Waals surface area contributed by atoms with Crippen LogP contribution in [-0.4, -0.2) is 264 Å². The number of carbonyl (C=O) groups is 3. The van der Waals surface area contributed by atoms with Crippen molar-refractivity contribution in [3.8, 4) is 0 Å². The molecule has 5 aliphatic heterocycles. The summed E-state index contributed by atoms with van der Waals surface area (Å²) in [5, 5.41) is 147. The molecule has 28 heteroatoms. The normalized spacial score (nSPS) is 47.7. The molecule has 0 aliphatic carbocycles. The van der Waals surface area contributed by atoms with Gasteiger partial charge in [0.1, 0.15) is 116 Å². The van der Waals surface area contributed by atoms with Crippen molar-refractivity contribution in [3.05, 3.63) is 0 Å². The second kappa shape index (κ2) is 22.6. The SMILES string of the molecule is CC(=O)N[C@H]1[C@@H](O[C@H]2[C@@H](O)[C@@H](CO)O[C@@H](O[C@H]3[C@@H](O)[C@@H](CO[C@@H]4O[C@H](CO)[C@@H](O)[C@H](O)[C@H]4NC(C)=O)OC(O)[C@@H]3NC(C)=O)[C@@H]2O[C@@H]2O[C@@H](C)[C@@H](O)[C@@H](O)[C@@H]2O)O[C@H](CO)[C@H](O)[C@@H]1O. The summed E-state index contributed by atoms with van der Waals surface area (Å²) < 4.78 is 52.5. The monoisotopic (exact) mass is 935 g/mol. The molecule has 3 amide bonds. The Hall–Kier alpha value is -2.47. The molecule has 5 fully saturated rings. The summed E-state index contributed by atoms with van der Waals surface area (Å²) in [6, 6.07) is -4.76. The van der Waals surface area contributed by atoms with E-state index in [2.05, 4.69) is 16.0 Å². The lowest BCUT2D eigenvalue weighted by molar-refractivity contribution is -0.397. The van der Waals surface area contributed by atoms with Crippen molar-refractivity contribution in [2.24, 2.45) is 0 Å². The highest BCUT2D eigenvalue weighted by Gasteiger charge is 2.57. The van der Waals surface area contributed by atoms with Gasteiger partial charge in [0.15, 0.2) is 31.5 Å². The first-order chi connectivity index (χ1) is 30.1. The van der Waals surface area contributed by atoms with Crippen molar-refractivity contribution < 1.29 is 123 Å². The van der Waals surface area contributed by atoms with Crippen LogP contribution in [0.5, 0.6) is 0 Å². The molecule has 5 saturated heterocycles. The minimum Gasteiger partial charge on any atom is -0.394 e. The topological polar surface area (TPSA) is 433 Å². The van der Waals surface area contributed by atoms with Gasteiger partial charge in [0.25, 0.3) is 0 Å². The molecule has 370 valence electrons. The number of aliphatic hydroxyl groups is 13. The second-order valence-electron chi connectivity index (χ2n) is 16.2. The van der Waals surface area contributed by atoms with E-state index >= 15 is 0 Å². The van der Waals surface area contributed by atoms with Crippen LogP contribution in [0.3, 0.4) is 0 Å². The van der Waals surface area contributed by atoms with E-state index < -0.39 is 197 Å². The lowest BCUT2D eigenvalue weighted by Gasteiger charge is -2.51. The Balaban J connectivity index is 1.51. The average Bonchev–Trinajstić information content (AvgIpc) is 3.24. The van der Waals surface area contributed by atoms with Crippen molar-refractivity contribution in [2.45, 2.75) is 181 Å². The van der Waals surface area contributed by atoms with E-state index in [0.29, 0.717) is 0 Å². The predicted octanol–water partition coefficient (Wildman–Crippen LogP) is -10.5. The van der Waals surface area contributed by atoms with Crippen LogP contribution in [0.1, 0.15) is 27.7 Å². The molecule has 28 nitrogen and oxygen atoms in total. The fourth-order valence-corrected chi connectivity index (χ4v) is 8.05. The summed E-state index contributed by atoms with van der Waals surface area (Å²) in [6.45, 7) is 1.05. The fraction of sp³-hybridized carbons (Fsp3) is 0.917. The number of ether oxygens (including phenoxy) is 9. The number of rotatable bonds is 15. The Morgan fingerprint density at radius 1 is 0.438 bits per heavy atom. The zero-order chi connectivity index (χ0) is 47.5. The van der Waals surface area contributed by atoms with Crippen LogP contribution in [-0.2, 0) is 57.0 Å². The molecule has 0 radical (unpaired) electrons. The third kappa shape index (κ3) is 11.6. The summed E-state index contributed by atoms with van der Waals surface area (Å²) in [4.78, 5) is 36.7. The molecule has 0 spiro atoms. The molecule has 0 saturated carbocycles. The molecule has 5 rings (SSSR count). The summed E-state index contributed by atoms with van der Waals surface area (Å²) in [5.74, 6) is -2.23. The van der Waals surface area contributed by atoms with Gasteiger partial charge in [-0.3, -0.25) is 14.4 Å². The van der Waals surface area contributed by atoms with Gasteiger partial charge in [0, 0.05) is 20.8 Å². The van der Waals surface area contributed by atoms with E-state index in [4.69, 9.17) is 42.6 Å². The summed E-state index contributed by atoms with van der Waals surface area (Å²) >= 11 is 0. The maximum atomic E-state index is 12.4. The van der Waals surface area contributed by atoms with Crippen molar-refractivity contribution >= 4 is 17.7 Å². The number of hydrogen-bond acceptors (Lipinski definition) is 25. The zero-order valence-corrected chi connectivity index (χ0v) is 35.0. The van der Waals surface area contributed by atoms with Crippen LogP contribution in [0.2, 0.25) is 0 Å². The lowest BCUT2D eigenvalue weighted by Crippen LogP contribution is -2.70. The Bertz CT molecular complexity index is 1540. The molecule has 1 unspecified atom stereocenters. The van der Waals surface area contributed by atoms with Crippen LogP contribution in [0.25, 0.3) is 0 Å². The molecule has 0 aromatic rings. The maximum Gasteiger partial charge on any atom is 0.217 e. The number of amides is 3. The number of nitrogens with one attached hydrogen (secondary N) is 3. The van der Waals surface area contributed by atoms with Crippen LogP contribution in [0, 0.1) is 0 Å². The van der Waals surface area contributed by atoms with Gasteiger partial charge >= 0.3 is 0 Å². The standard InChI is InChI=1S/C36H61N3O25/c1-9-20(46)27(53)28(54)35(57-9)64-31-30(63-34-18(38-11(3)44)26(52)22(48)14(6-41)60-34)23(49)15(7-42)61-36(31)62-29-19(39-12(4)45)32(55)58-16(24(29)50)8-56-33-17(37-10(2)43)25(51)21(47)13(5-40)59-33/h9,13-36,40-42,46-55H,5-8H2,1-4H3,(H,37,43)(H,38,44)(H,39,45)/t9-,13+,14+,15+,16+,17+,18+,19+,20+,21+,22-,23-,24-,25+,26+,27+,28-,29+,30-,31+,32?,33+,34+,35-,36-/m0/s1. The van der Waals surface area contributed by atoms with Crippen LogP contribution in [0.15, 0.2) is 0 Å². The smallest absolute Gasteiger partial charge is 0.217 e. The first kappa shape index (κ1) is 52.5. The lowest BCUT2D eigenvalue weighted by atomic mass is 9.94. The highest BCUT2D eigenvalue weighted by atomic mass is 16.8. The van der Waals surface area contributed by atoms with E-state index in [1.165, 1.54) is 6.92 Å². The van der Waals surface area contributed by atoms with E-state index in [0.717, 1.165) is 20.8 Å². The molecular formula is C36H61N3O25. The molecule has 5 aliphatic rings. The molecule has 0 aromatic carbocycles.